The number of nitrogens with one attached hydrogen (secondary N) is 5. The Morgan fingerprint density at radius 1 is 0.857 bits per heavy atom. The number of fused-ring (bicyclic) bond motifs is 1. The maximum atomic E-state index is 14.6. The van der Waals surface area contributed by atoms with Crippen LogP contribution in [-0.2, 0) is 35.3 Å². The van der Waals surface area contributed by atoms with Crippen LogP contribution in [0.15, 0.2) is 54.7 Å². The molecule has 7 rings (SSSR count). The van der Waals surface area contributed by atoms with E-state index < -0.39 is 17.8 Å². The number of rotatable bonds is 14. The first kappa shape index (κ1) is 39.3. The normalized spacial score (nSPS) is 19.4. The van der Waals surface area contributed by atoms with Gasteiger partial charge in [0.1, 0.15) is 11.6 Å². The first-order valence-corrected chi connectivity index (χ1v) is 19.3. The molecule has 3 aliphatic rings. The molecule has 1 aliphatic carbocycles. The minimum atomic E-state index is -4.68. The maximum Gasteiger partial charge on any atom is 0.419 e. The zero-order valence-corrected chi connectivity index (χ0v) is 32.0. The number of methoxy groups -OCH3 is 2. The van der Waals surface area contributed by atoms with Crippen molar-refractivity contribution in [3.05, 3.63) is 87.6 Å². The van der Waals surface area contributed by atoms with Crippen molar-refractivity contribution in [3.8, 4) is 34.0 Å². The Morgan fingerprint density at radius 3 is 2.21 bits per heavy atom. The third-order valence-electron chi connectivity index (χ3n) is 10.7. The van der Waals surface area contributed by atoms with Crippen LogP contribution in [0.4, 0.5) is 19.0 Å². The van der Waals surface area contributed by atoms with Crippen molar-refractivity contribution in [1.29, 1.82) is 0 Å². The Bertz CT molecular complexity index is 2100. The monoisotopic (exact) mass is 791 g/mol. The van der Waals surface area contributed by atoms with Gasteiger partial charge in [-0.05, 0) is 67.0 Å². The highest BCUT2D eigenvalue weighted by atomic mass is 35.5. The molecule has 0 radical (unpaired) electrons. The van der Waals surface area contributed by atoms with Gasteiger partial charge in [-0.15, -0.1) is 0 Å². The second-order valence-electron chi connectivity index (χ2n) is 14.4. The summed E-state index contributed by atoms with van der Waals surface area (Å²) in [4.78, 5) is 32.1. The third kappa shape index (κ3) is 8.72. The van der Waals surface area contributed by atoms with Crippen molar-refractivity contribution in [2.75, 3.05) is 32.6 Å². The number of halogens is 4. The molecule has 0 bridgehead atoms. The number of hydrogen-bond acceptors (Lipinski definition) is 9. The highest BCUT2D eigenvalue weighted by molar-refractivity contribution is 6.35. The molecule has 11 nitrogen and oxygen atoms in total. The summed E-state index contributed by atoms with van der Waals surface area (Å²) in [6.07, 6.45) is 1.54. The van der Waals surface area contributed by atoms with Crippen LogP contribution in [-0.4, -0.2) is 61.2 Å². The molecule has 2 saturated heterocycles. The molecule has 4 aromatic rings. The Kier molecular flexibility index (Phi) is 12.0. The molecule has 2 aromatic carbocycles. The van der Waals surface area contributed by atoms with Crippen LogP contribution in [0, 0.1) is 0 Å². The molecule has 3 atom stereocenters. The Labute approximate surface area is 328 Å². The number of aromatic nitrogens is 2. The van der Waals surface area contributed by atoms with Crippen LogP contribution in [0.5, 0.6) is 11.6 Å². The molecular formula is C41H45ClF3N7O4. The quantitative estimate of drug-likeness (QED) is 0.0942. The highest BCUT2D eigenvalue weighted by Gasteiger charge is 2.37. The van der Waals surface area contributed by atoms with E-state index in [1.165, 1.54) is 7.11 Å². The van der Waals surface area contributed by atoms with E-state index in [1.54, 1.807) is 13.3 Å². The lowest BCUT2D eigenvalue weighted by molar-refractivity contribution is -0.137. The standard InChI is InChI=1S/C41H45ClF3N7O4/c1-55-34-18-23(9-10-24(34)19-46-21-26-11-13-35(53)49-26)38-37(42)31(15-16-48-38)29-5-3-7-30-28(29)6-4-8-33(30)51-39-32(41(43,44)45)17-25(40(52-39)56-2)20-47-22-27-12-14-36(54)50-27/h3,5,7,9-10,15-18,26-27,33,46-47H,4,6,8,11-14,19-22H2,1-2H3,(H,49,53)(H,50,54)(H,51,52)/t26-,27-,33-/m0/s1. The molecule has 5 N–H and O–H groups in total. The summed E-state index contributed by atoms with van der Waals surface area (Å²) in [7, 11) is 3.00. The van der Waals surface area contributed by atoms with Crippen molar-refractivity contribution in [2.45, 2.75) is 82.3 Å². The van der Waals surface area contributed by atoms with E-state index >= 15 is 0 Å². The first-order chi connectivity index (χ1) is 27.0. The van der Waals surface area contributed by atoms with Gasteiger partial charge in [0.25, 0.3) is 0 Å². The molecule has 2 aliphatic heterocycles. The van der Waals surface area contributed by atoms with Crippen LogP contribution < -0.4 is 36.1 Å². The van der Waals surface area contributed by atoms with Crippen molar-refractivity contribution < 1.29 is 32.2 Å². The van der Waals surface area contributed by atoms with E-state index in [0.717, 1.165) is 52.3 Å². The number of nitrogens with zero attached hydrogens (tertiary/aromatic N) is 2. The predicted octanol–water partition coefficient (Wildman–Crippen LogP) is 6.73. The molecule has 2 aromatic heterocycles. The maximum absolute atomic E-state index is 14.6. The summed E-state index contributed by atoms with van der Waals surface area (Å²) in [6.45, 7) is 1.72. The van der Waals surface area contributed by atoms with Crippen LogP contribution in [0.25, 0.3) is 22.4 Å². The zero-order valence-electron chi connectivity index (χ0n) is 31.2. The fourth-order valence-electron chi connectivity index (χ4n) is 7.90. The Balaban J connectivity index is 1.12. The number of pyridine rings is 2. The molecule has 2 fully saturated rings. The Morgan fingerprint density at radius 2 is 1.57 bits per heavy atom. The lowest BCUT2D eigenvalue weighted by Gasteiger charge is -2.30. The first-order valence-electron chi connectivity index (χ1n) is 18.9. The molecule has 0 saturated carbocycles. The number of benzene rings is 2. The van der Waals surface area contributed by atoms with E-state index in [1.807, 2.05) is 42.5 Å². The van der Waals surface area contributed by atoms with Gasteiger partial charge in [-0.3, -0.25) is 14.6 Å². The second-order valence-corrected chi connectivity index (χ2v) is 14.8. The summed E-state index contributed by atoms with van der Waals surface area (Å²) in [5, 5.41) is 15.9. The number of hydrogen-bond donors (Lipinski definition) is 5. The molecule has 296 valence electrons. The van der Waals surface area contributed by atoms with E-state index in [2.05, 4.69) is 36.6 Å². The summed E-state index contributed by atoms with van der Waals surface area (Å²) in [5.41, 5.74) is 5.20. The smallest absolute Gasteiger partial charge is 0.419 e. The average Bonchev–Trinajstić information content (AvgIpc) is 3.81. The van der Waals surface area contributed by atoms with E-state index in [4.69, 9.17) is 21.1 Å². The molecule has 0 spiro atoms. The van der Waals surface area contributed by atoms with Crippen molar-refractivity contribution >= 4 is 29.2 Å². The number of alkyl halides is 3. The van der Waals surface area contributed by atoms with Crippen LogP contribution in [0.2, 0.25) is 5.02 Å². The van der Waals surface area contributed by atoms with Gasteiger partial charge in [-0.2, -0.15) is 18.2 Å². The molecule has 56 heavy (non-hydrogen) atoms. The minimum Gasteiger partial charge on any atom is -0.496 e. The number of carbonyl (C=O) groups excluding carboxylic acids is 2. The summed E-state index contributed by atoms with van der Waals surface area (Å²) in [5.74, 6) is 0.509. The molecular weight excluding hydrogens is 747 g/mol. The van der Waals surface area contributed by atoms with Gasteiger partial charge in [-0.25, -0.2) is 0 Å². The van der Waals surface area contributed by atoms with Crippen LogP contribution in [0.3, 0.4) is 0 Å². The van der Waals surface area contributed by atoms with Gasteiger partial charge in [0.2, 0.25) is 17.7 Å². The minimum absolute atomic E-state index is 0.0307. The van der Waals surface area contributed by atoms with Gasteiger partial charge in [0.15, 0.2) is 0 Å². The van der Waals surface area contributed by atoms with Crippen LogP contribution in [0.1, 0.15) is 72.4 Å². The summed E-state index contributed by atoms with van der Waals surface area (Å²) >= 11 is 7.15. The number of anilines is 1. The summed E-state index contributed by atoms with van der Waals surface area (Å²) in [6, 6.07) is 14.2. The fourth-order valence-corrected chi connectivity index (χ4v) is 8.22. The average molecular weight is 792 g/mol. The highest BCUT2D eigenvalue weighted by Crippen LogP contribution is 2.44. The molecule has 15 heteroatoms. The predicted molar refractivity (Wildman–Crippen MR) is 208 cm³/mol. The van der Waals surface area contributed by atoms with E-state index in [0.29, 0.717) is 68.2 Å². The molecule has 4 heterocycles. The molecule has 2 amide bonds. The largest absolute Gasteiger partial charge is 0.496 e. The lowest BCUT2D eigenvalue weighted by atomic mass is 9.83. The Hall–Kier alpha value is -4.92. The van der Waals surface area contributed by atoms with Gasteiger partial charge >= 0.3 is 6.18 Å². The SMILES string of the molecule is COc1cc(-c2nccc(-c3cccc4c3CCC[C@@H]4Nc3nc(OC)c(CNC[C@@H]4CCC(=O)N4)cc3C(F)(F)F)c2Cl)ccc1CNC[C@@H]1CCC(=O)N1. The van der Waals surface area contributed by atoms with Gasteiger partial charge in [0, 0.05) is 79.6 Å². The third-order valence-corrected chi connectivity index (χ3v) is 11.1. The van der Waals surface area contributed by atoms with Crippen molar-refractivity contribution in [2.24, 2.45) is 0 Å². The van der Waals surface area contributed by atoms with Gasteiger partial charge in [-0.1, -0.05) is 41.9 Å². The van der Waals surface area contributed by atoms with Crippen molar-refractivity contribution in [1.82, 2.24) is 31.2 Å². The molecule has 0 unspecified atom stereocenters. The van der Waals surface area contributed by atoms with Crippen LogP contribution >= 0.6 is 11.6 Å². The number of ether oxygens (including phenoxy) is 2. The topological polar surface area (TPSA) is 139 Å². The number of carbonyl (C=O) groups is 2. The van der Waals surface area contributed by atoms with Gasteiger partial charge in [0.05, 0.1) is 36.5 Å². The van der Waals surface area contributed by atoms with E-state index in [9.17, 15) is 22.8 Å². The fraction of sp³-hybridized carbons (Fsp3) is 0.415. The second kappa shape index (κ2) is 17.1. The number of amides is 2. The zero-order chi connectivity index (χ0) is 39.4. The lowest BCUT2D eigenvalue weighted by Crippen LogP contribution is -2.35. The van der Waals surface area contributed by atoms with Gasteiger partial charge < -0.3 is 36.1 Å². The summed E-state index contributed by atoms with van der Waals surface area (Å²) < 4.78 is 55.0. The van der Waals surface area contributed by atoms with Crippen molar-refractivity contribution in [3.63, 3.8) is 0 Å². The van der Waals surface area contributed by atoms with E-state index in [-0.39, 0.29) is 47.7 Å².